The molecule has 3 nitrogen and oxygen atoms in total. The monoisotopic (exact) mass is 236 g/mol. The van der Waals surface area contributed by atoms with E-state index in [4.69, 9.17) is 6.42 Å². The minimum atomic E-state index is 0.143. The molecule has 0 spiro atoms. The Bertz CT molecular complexity index is 294. The van der Waals surface area contributed by atoms with Crippen LogP contribution in [-0.2, 0) is 4.79 Å². The van der Waals surface area contributed by atoms with Crippen molar-refractivity contribution in [2.75, 3.05) is 20.1 Å². The molecule has 1 rings (SSSR count). The van der Waals surface area contributed by atoms with E-state index in [1.54, 1.807) is 0 Å². The lowest BCUT2D eigenvalue weighted by Gasteiger charge is -2.38. The Hall–Kier alpha value is -1.01. The Kier molecular flexibility index (Phi) is 5.02. The van der Waals surface area contributed by atoms with Gasteiger partial charge in [0.25, 0.3) is 0 Å². The van der Waals surface area contributed by atoms with Crippen LogP contribution in [-0.4, -0.2) is 37.0 Å². The topological polar surface area (TPSA) is 32.3 Å². The Morgan fingerprint density at radius 1 is 1.47 bits per heavy atom. The van der Waals surface area contributed by atoms with Gasteiger partial charge in [-0.2, -0.15) is 0 Å². The number of hydrogen-bond acceptors (Lipinski definition) is 2. The highest BCUT2D eigenvalue weighted by Crippen LogP contribution is 2.36. The maximum Gasteiger partial charge on any atom is 0.236 e. The quantitative estimate of drug-likeness (QED) is 0.594. The fourth-order valence-corrected chi connectivity index (χ4v) is 2.34. The third-order valence-electron chi connectivity index (χ3n) is 3.75. The van der Waals surface area contributed by atoms with Crippen molar-refractivity contribution in [2.45, 2.75) is 45.6 Å². The second kappa shape index (κ2) is 6.07. The zero-order valence-electron chi connectivity index (χ0n) is 11.3. The van der Waals surface area contributed by atoms with Crippen molar-refractivity contribution in [1.29, 1.82) is 0 Å². The molecule has 0 radical (unpaired) electrons. The third kappa shape index (κ3) is 4.40. The first kappa shape index (κ1) is 14.1. The zero-order valence-corrected chi connectivity index (χ0v) is 11.3. The van der Waals surface area contributed by atoms with Crippen LogP contribution in [0.15, 0.2) is 0 Å². The molecule has 0 aromatic carbocycles. The molecule has 1 saturated carbocycles. The Morgan fingerprint density at radius 3 is 2.59 bits per heavy atom. The van der Waals surface area contributed by atoms with Crippen LogP contribution in [0.4, 0.5) is 0 Å². The fraction of sp³-hybridized carbons (Fsp3) is 0.786. The number of amides is 1. The molecule has 0 heterocycles. The Balaban J connectivity index is 2.35. The second-order valence-electron chi connectivity index (χ2n) is 5.71. The summed E-state index contributed by atoms with van der Waals surface area (Å²) in [6, 6.07) is 0.406. The molecule has 0 aliphatic heterocycles. The van der Waals surface area contributed by atoms with Crippen LogP contribution in [0.2, 0.25) is 0 Å². The van der Waals surface area contributed by atoms with Gasteiger partial charge in [-0.3, -0.25) is 10.1 Å². The van der Waals surface area contributed by atoms with Crippen LogP contribution in [0.25, 0.3) is 0 Å². The number of carbonyl (C=O) groups is 1. The predicted molar refractivity (Wildman–Crippen MR) is 70.5 cm³/mol. The minimum Gasteiger partial charge on any atom is -0.342 e. The van der Waals surface area contributed by atoms with E-state index < -0.39 is 0 Å². The Morgan fingerprint density at radius 2 is 2.06 bits per heavy atom. The first-order chi connectivity index (χ1) is 7.96. The first-order valence-corrected chi connectivity index (χ1v) is 6.36. The molecule has 0 aromatic heterocycles. The van der Waals surface area contributed by atoms with Crippen molar-refractivity contribution in [1.82, 2.24) is 10.2 Å². The normalized spacial score (nSPS) is 19.6. The van der Waals surface area contributed by atoms with Crippen molar-refractivity contribution in [2.24, 2.45) is 5.41 Å². The summed E-state index contributed by atoms with van der Waals surface area (Å²) >= 11 is 0. The lowest BCUT2D eigenvalue weighted by atomic mass is 9.75. The smallest absolute Gasteiger partial charge is 0.236 e. The highest BCUT2D eigenvalue weighted by molar-refractivity contribution is 5.78. The molecule has 0 unspecified atom stereocenters. The summed E-state index contributed by atoms with van der Waals surface area (Å²) in [5, 5.41) is 2.94. The SMILES string of the molecule is C#CCNCC(=O)N(C)C1CCC(C)(C)CC1. The van der Waals surface area contributed by atoms with Crippen LogP contribution >= 0.6 is 0 Å². The lowest BCUT2D eigenvalue weighted by Crippen LogP contribution is -2.44. The zero-order chi connectivity index (χ0) is 12.9. The van der Waals surface area contributed by atoms with Crippen molar-refractivity contribution in [3.05, 3.63) is 0 Å². The van der Waals surface area contributed by atoms with E-state index in [-0.39, 0.29) is 5.91 Å². The molecule has 0 atom stereocenters. The number of hydrogen-bond donors (Lipinski definition) is 1. The van der Waals surface area contributed by atoms with Gasteiger partial charge in [0.2, 0.25) is 5.91 Å². The summed E-state index contributed by atoms with van der Waals surface area (Å²) in [5.41, 5.74) is 0.447. The highest BCUT2D eigenvalue weighted by atomic mass is 16.2. The molecule has 3 heteroatoms. The number of nitrogens with zero attached hydrogens (tertiary/aromatic N) is 1. The Labute approximate surface area is 105 Å². The fourth-order valence-electron chi connectivity index (χ4n) is 2.34. The maximum absolute atomic E-state index is 11.9. The first-order valence-electron chi connectivity index (χ1n) is 6.36. The number of likely N-dealkylation sites (N-methyl/N-ethyl adjacent to an activating group) is 1. The lowest BCUT2D eigenvalue weighted by molar-refractivity contribution is -0.132. The van der Waals surface area contributed by atoms with Crippen LogP contribution in [0.5, 0.6) is 0 Å². The van der Waals surface area contributed by atoms with E-state index >= 15 is 0 Å². The molecule has 96 valence electrons. The van der Waals surface area contributed by atoms with Gasteiger partial charge in [0, 0.05) is 13.1 Å². The molecule has 0 saturated heterocycles. The molecular formula is C14H24N2O. The molecule has 1 aliphatic carbocycles. The number of nitrogens with one attached hydrogen (secondary N) is 1. The van der Waals surface area contributed by atoms with E-state index in [2.05, 4.69) is 25.1 Å². The number of rotatable bonds is 4. The maximum atomic E-state index is 11.9. The summed E-state index contributed by atoms with van der Waals surface area (Å²) in [7, 11) is 1.91. The molecule has 0 aromatic rings. The third-order valence-corrected chi connectivity index (χ3v) is 3.75. The molecular weight excluding hydrogens is 212 g/mol. The molecule has 1 amide bonds. The van der Waals surface area contributed by atoms with Gasteiger partial charge >= 0.3 is 0 Å². The highest BCUT2D eigenvalue weighted by Gasteiger charge is 2.30. The van der Waals surface area contributed by atoms with Crippen LogP contribution in [0.1, 0.15) is 39.5 Å². The van der Waals surface area contributed by atoms with Gasteiger partial charge in [-0.25, -0.2) is 0 Å². The van der Waals surface area contributed by atoms with Crippen molar-refractivity contribution >= 4 is 5.91 Å². The molecule has 0 bridgehead atoms. The van der Waals surface area contributed by atoms with E-state index in [0.717, 1.165) is 12.8 Å². The van der Waals surface area contributed by atoms with Crippen molar-refractivity contribution in [3.8, 4) is 12.3 Å². The van der Waals surface area contributed by atoms with Crippen LogP contribution in [0.3, 0.4) is 0 Å². The summed E-state index contributed by atoms with van der Waals surface area (Å²) in [6.07, 6.45) is 9.76. The van der Waals surface area contributed by atoms with Gasteiger partial charge in [0.15, 0.2) is 0 Å². The molecule has 1 aliphatic rings. The predicted octanol–water partition coefficient (Wildman–Crippen LogP) is 1.64. The second-order valence-corrected chi connectivity index (χ2v) is 5.71. The molecule has 1 N–H and O–H groups in total. The molecule has 17 heavy (non-hydrogen) atoms. The average molecular weight is 236 g/mol. The van der Waals surface area contributed by atoms with Gasteiger partial charge in [0.1, 0.15) is 0 Å². The average Bonchev–Trinajstić information content (AvgIpc) is 2.28. The summed E-state index contributed by atoms with van der Waals surface area (Å²) in [5.74, 6) is 2.61. The number of terminal acetylenes is 1. The van der Waals surface area contributed by atoms with Crippen LogP contribution < -0.4 is 5.32 Å². The van der Waals surface area contributed by atoms with Gasteiger partial charge in [-0.1, -0.05) is 19.8 Å². The summed E-state index contributed by atoms with van der Waals surface area (Å²) in [4.78, 5) is 13.8. The van der Waals surface area contributed by atoms with Gasteiger partial charge in [-0.05, 0) is 31.1 Å². The molecule has 1 fully saturated rings. The van der Waals surface area contributed by atoms with E-state index in [9.17, 15) is 4.79 Å². The van der Waals surface area contributed by atoms with Crippen molar-refractivity contribution in [3.63, 3.8) is 0 Å². The van der Waals surface area contributed by atoms with Gasteiger partial charge in [-0.15, -0.1) is 6.42 Å². The van der Waals surface area contributed by atoms with E-state index in [0.29, 0.717) is 24.5 Å². The van der Waals surface area contributed by atoms with Gasteiger partial charge in [0.05, 0.1) is 13.1 Å². The van der Waals surface area contributed by atoms with Gasteiger partial charge < -0.3 is 4.90 Å². The standard InChI is InChI=1S/C14H24N2O/c1-5-10-15-11-13(17)16(4)12-6-8-14(2,3)9-7-12/h1,12,15H,6-11H2,2-4H3. The minimum absolute atomic E-state index is 0.143. The van der Waals surface area contributed by atoms with E-state index in [1.165, 1.54) is 12.8 Å². The number of carbonyl (C=O) groups excluding carboxylic acids is 1. The largest absolute Gasteiger partial charge is 0.342 e. The van der Waals surface area contributed by atoms with Crippen LogP contribution in [0, 0.1) is 17.8 Å². The van der Waals surface area contributed by atoms with E-state index in [1.807, 2.05) is 11.9 Å². The summed E-state index contributed by atoms with van der Waals surface area (Å²) in [6.45, 7) is 5.41. The summed E-state index contributed by atoms with van der Waals surface area (Å²) < 4.78 is 0. The van der Waals surface area contributed by atoms with Crippen molar-refractivity contribution < 1.29 is 4.79 Å².